The number of hydrogen-bond acceptors (Lipinski definition) is 3. The summed E-state index contributed by atoms with van der Waals surface area (Å²) in [6, 6.07) is 6.90. The normalized spacial score (nSPS) is 13.0. The summed E-state index contributed by atoms with van der Waals surface area (Å²) in [5.74, 6) is -1.47. The lowest BCUT2D eigenvalue weighted by Gasteiger charge is -2.10. The van der Waals surface area contributed by atoms with Crippen LogP contribution in [-0.4, -0.2) is 10.3 Å². The van der Waals surface area contributed by atoms with Crippen molar-refractivity contribution in [2.24, 2.45) is 0 Å². The number of hydrogen-bond donors (Lipinski definition) is 1. The van der Waals surface area contributed by atoms with Crippen LogP contribution in [0.15, 0.2) is 41.9 Å². The first-order valence-electron chi connectivity index (χ1n) is 6.94. The summed E-state index contributed by atoms with van der Waals surface area (Å²) in [5, 5.41) is 4.66. The van der Waals surface area contributed by atoms with E-state index in [0.29, 0.717) is 17.7 Å². The van der Waals surface area contributed by atoms with E-state index in [0.717, 1.165) is 22.8 Å². The SMILES string of the molecule is O=C1NCc2c1cc(-c1ccc(F)cc1F)cc2-c1cnsc1. The van der Waals surface area contributed by atoms with Gasteiger partial charge in [0, 0.05) is 40.9 Å². The van der Waals surface area contributed by atoms with E-state index in [9.17, 15) is 13.6 Å². The maximum atomic E-state index is 14.1. The number of nitrogens with one attached hydrogen (secondary N) is 1. The number of nitrogens with zero attached hydrogens (tertiary/aromatic N) is 1. The minimum atomic E-state index is -0.655. The summed E-state index contributed by atoms with van der Waals surface area (Å²) in [7, 11) is 0. The van der Waals surface area contributed by atoms with Gasteiger partial charge in [-0.25, -0.2) is 13.2 Å². The predicted molar refractivity (Wildman–Crippen MR) is 84.1 cm³/mol. The van der Waals surface area contributed by atoms with Crippen molar-refractivity contribution in [3.05, 3.63) is 64.7 Å². The molecule has 0 atom stereocenters. The van der Waals surface area contributed by atoms with Gasteiger partial charge in [-0.3, -0.25) is 4.79 Å². The highest BCUT2D eigenvalue weighted by molar-refractivity contribution is 7.03. The summed E-state index contributed by atoms with van der Waals surface area (Å²) in [6.07, 6.45) is 1.72. The van der Waals surface area contributed by atoms with Gasteiger partial charge in [0.1, 0.15) is 11.6 Å². The summed E-state index contributed by atoms with van der Waals surface area (Å²) in [5.41, 5.74) is 3.92. The number of carbonyl (C=O) groups excluding carboxylic acids is 1. The lowest BCUT2D eigenvalue weighted by Crippen LogP contribution is -2.12. The van der Waals surface area contributed by atoms with Crippen molar-refractivity contribution in [2.45, 2.75) is 6.54 Å². The van der Waals surface area contributed by atoms with Crippen molar-refractivity contribution in [1.29, 1.82) is 0 Å². The molecule has 1 aliphatic heterocycles. The molecule has 0 saturated carbocycles. The fourth-order valence-corrected chi connectivity index (χ4v) is 3.34. The van der Waals surface area contributed by atoms with Gasteiger partial charge in [-0.15, -0.1) is 0 Å². The standard InChI is InChI=1S/C17H10F2N2OS/c18-11-1-2-12(16(19)5-11)9-3-13(10-6-21-23-8-10)15-7-20-17(22)14(15)4-9/h1-6,8H,7H2,(H,20,22). The molecule has 0 bridgehead atoms. The van der Waals surface area contributed by atoms with Gasteiger partial charge in [0.25, 0.3) is 5.91 Å². The number of fused-ring (bicyclic) bond motifs is 1. The van der Waals surface area contributed by atoms with Gasteiger partial charge in [-0.05, 0) is 52.5 Å². The number of amides is 1. The molecule has 0 unspecified atom stereocenters. The van der Waals surface area contributed by atoms with E-state index >= 15 is 0 Å². The van der Waals surface area contributed by atoms with Crippen molar-refractivity contribution >= 4 is 17.4 Å². The van der Waals surface area contributed by atoms with Crippen LogP contribution in [0, 0.1) is 11.6 Å². The Hall–Kier alpha value is -2.60. The largest absolute Gasteiger partial charge is 0.348 e. The molecule has 6 heteroatoms. The van der Waals surface area contributed by atoms with Gasteiger partial charge in [0.15, 0.2) is 0 Å². The van der Waals surface area contributed by atoms with Gasteiger partial charge >= 0.3 is 0 Å². The van der Waals surface area contributed by atoms with E-state index < -0.39 is 11.6 Å². The molecule has 0 aliphatic carbocycles. The highest BCUT2D eigenvalue weighted by Crippen LogP contribution is 2.35. The summed E-state index contributed by atoms with van der Waals surface area (Å²) >= 11 is 1.31. The molecule has 3 nitrogen and oxygen atoms in total. The molecule has 1 amide bonds. The lowest BCUT2D eigenvalue weighted by molar-refractivity contribution is 0.0966. The summed E-state index contributed by atoms with van der Waals surface area (Å²) < 4.78 is 31.3. The first-order chi connectivity index (χ1) is 11.1. The smallest absolute Gasteiger partial charge is 0.251 e. The highest BCUT2D eigenvalue weighted by atomic mass is 32.1. The Morgan fingerprint density at radius 1 is 1.04 bits per heavy atom. The third-order valence-electron chi connectivity index (χ3n) is 3.91. The number of halogens is 2. The van der Waals surface area contributed by atoms with Crippen LogP contribution in [0.5, 0.6) is 0 Å². The third kappa shape index (κ3) is 2.31. The zero-order valence-corrected chi connectivity index (χ0v) is 12.6. The molecule has 4 rings (SSSR count). The Balaban J connectivity index is 1.97. The fourth-order valence-electron chi connectivity index (χ4n) is 2.80. The zero-order chi connectivity index (χ0) is 16.0. The van der Waals surface area contributed by atoms with Crippen LogP contribution in [0.3, 0.4) is 0 Å². The van der Waals surface area contributed by atoms with Crippen LogP contribution in [-0.2, 0) is 6.54 Å². The molecule has 1 aliphatic rings. The van der Waals surface area contributed by atoms with Crippen molar-refractivity contribution in [1.82, 2.24) is 9.69 Å². The monoisotopic (exact) mass is 328 g/mol. The molecule has 23 heavy (non-hydrogen) atoms. The van der Waals surface area contributed by atoms with E-state index in [4.69, 9.17) is 0 Å². The Morgan fingerprint density at radius 3 is 2.61 bits per heavy atom. The average molecular weight is 328 g/mol. The molecular weight excluding hydrogens is 318 g/mol. The van der Waals surface area contributed by atoms with E-state index in [1.54, 1.807) is 12.3 Å². The van der Waals surface area contributed by atoms with E-state index in [1.165, 1.54) is 23.7 Å². The maximum absolute atomic E-state index is 14.1. The minimum absolute atomic E-state index is 0.186. The van der Waals surface area contributed by atoms with Crippen molar-refractivity contribution in [3.8, 4) is 22.3 Å². The van der Waals surface area contributed by atoms with Gasteiger partial charge in [0.2, 0.25) is 0 Å². The van der Waals surface area contributed by atoms with Crippen molar-refractivity contribution < 1.29 is 13.6 Å². The topological polar surface area (TPSA) is 42.0 Å². The molecule has 2 aromatic carbocycles. The van der Waals surface area contributed by atoms with Crippen LogP contribution in [0.4, 0.5) is 8.78 Å². The molecule has 0 spiro atoms. The Bertz CT molecular complexity index is 923. The molecule has 114 valence electrons. The third-order valence-corrected chi connectivity index (χ3v) is 4.49. The zero-order valence-electron chi connectivity index (χ0n) is 11.8. The second-order valence-corrected chi connectivity index (χ2v) is 5.93. The van der Waals surface area contributed by atoms with Gasteiger partial charge in [0.05, 0.1) is 0 Å². The van der Waals surface area contributed by atoms with Crippen LogP contribution in [0.25, 0.3) is 22.3 Å². The number of aromatic nitrogens is 1. The van der Waals surface area contributed by atoms with Crippen molar-refractivity contribution in [3.63, 3.8) is 0 Å². The molecule has 3 aromatic rings. The second-order valence-electron chi connectivity index (χ2n) is 5.27. The van der Waals surface area contributed by atoms with Crippen LogP contribution in [0.1, 0.15) is 15.9 Å². The number of rotatable bonds is 2. The highest BCUT2D eigenvalue weighted by Gasteiger charge is 2.24. The molecule has 0 saturated heterocycles. The number of carbonyl (C=O) groups is 1. The van der Waals surface area contributed by atoms with Crippen LogP contribution < -0.4 is 5.32 Å². The van der Waals surface area contributed by atoms with Crippen LogP contribution in [0.2, 0.25) is 0 Å². The summed E-state index contributed by atoms with van der Waals surface area (Å²) in [4.78, 5) is 12.0. The van der Waals surface area contributed by atoms with E-state index in [2.05, 4.69) is 9.69 Å². The second kappa shape index (κ2) is 5.24. The Kier molecular flexibility index (Phi) is 3.20. The first-order valence-corrected chi connectivity index (χ1v) is 7.77. The molecule has 0 radical (unpaired) electrons. The Morgan fingerprint density at radius 2 is 1.87 bits per heavy atom. The van der Waals surface area contributed by atoms with Gasteiger partial charge in [-0.1, -0.05) is 0 Å². The van der Waals surface area contributed by atoms with E-state index in [-0.39, 0.29) is 11.5 Å². The molecule has 1 N–H and O–H groups in total. The minimum Gasteiger partial charge on any atom is -0.348 e. The predicted octanol–water partition coefficient (Wildman–Crippen LogP) is 4.00. The Labute approximate surface area is 134 Å². The maximum Gasteiger partial charge on any atom is 0.251 e. The first kappa shape index (κ1) is 14.0. The quantitative estimate of drug-likeness (QED) is 0.772. The fraction of sp³-hybridized carbons (Fsp3) is 0.0588. The van der Waals surface area contributed by atoms with Gasteiger partial charge in [-0.2, -0.15) is 0 Å². The molecule has 0 fully saturated rings. The lowest BCUT2D eigenvalue weighted by atomic mass is 9.93. The van der Waals surface area contributed by atoms with E-state index in [1.807, 2.05) is 11.4 Å². The average Bonchev–Trinajstić information content (AvgIpc) is 3.17. The van der Waals surface area contributed by atoms with Gasteiger partial charge < -0.3 is 5.32 Å². The molecule has 1 aromatic heterocycles. The number of benzene rings is 2. The molecular formula is C17H10F2N2OS. The molecule has 2 heterocycles. The summed E-state index contributed by atoms with van der Waals surface area (Å²) in [6.45, 7) is 0.436. The van der Waals surface area contributed by atoms with Crippen molar-refractivity contribution in [2.75, 3.05) is 0 Å². The van der Waals surface area contributed by atoms with Crippen LogP contribution >= 0.6 is 11.5 Å².